The van der Waals surface area contributed by atoms with Gasteiger partial charge in [-0.25, -0.2) is 0 Å². The molecule has 1 fully saturated rings. The van der Waals surface area contributed by atoms with Crippen LogP contribution in [0, 0.1) is 0 Å². The number of rotatable bonds is 5. The number of nitrogens with one attached hydrogen (secondary N) is 1. The van der Waals surface area contributed by atoms with Gasteiger partial charge in [-0.1, -0.05) is 12.1 Å². The van der Waals surface area contributed by atoms with E-state index in [-0.39, 0.29) is 5.60 Å². The second-order valence-electron chi connectivity index (χ2n) is 4.88. The average Bonchev–Trinajstić information content (AvgIpc) is 2.95. The highest BCUT2D eigenvalue weighted by Gasteiger charge is 2.36. The Balaban J connectivity index is 1.96. The molecule has 1 N–H and O–H groups in total. The molecule has 0 aliphatic carbocycles. The van der Waals surface area contributed by atoms with E-state index in [0.717, 1.165) is 25.9 Å². The summed E-state index contributed by atoms with van der Waals surface area (Å²) in [4.78, 5) is 4.40. The van der Waals surface area contributed by atoms with E-state index in [1.165, 1.54) is 0 Å². The van der Waals surface area contributed by atoms with Gasteiger partial charge in [-0.05, 0) is 33.1 Å². The van der Waals surface area contributed by atoms with Crippen molar-refractivity contribution in [2.75, 3.05) is 6.61 Å². The zero-order chi connectivity index (χ0) is 12.3. The minimum Gasteiger partial charge on any atom is -0.367 e. The van der Waals surface area contributed by atoms with Crippen molar-refractivity contribution in [2.24, 2.45) is 0 Å². The molecule has 0 saturated carbocycles. The van der Waals surface area contributed by atoms with E-state index in [9.17, 15) is 0 Å². The fourth-order valence-electron chi connectivity index (χ4n) is 1.90. The lowest BCUT2D eigenvalue weighted by Gasteiger charge is -2.17. The van der Waals surface area contributed by atoms with Crippen molar-refractivity contribution in [3.8, 4) is 0 Å². The van der Waals surface area contributed by atoms with Crippen LogP contribution in [0.5, 0.6) is 0 Å². The normalized spacial score (nSPS) is 26.3. The smallest absolute Gasteiger partial charge is 0.240 e. The Morgan fingerprint density at radius 3 is 3.00 bits per heavy atom. The van der Waals surface area contributed by atoms with Gasteiger partial charge in [0.1, 0.15) is 5.60 Å². The maximum Gasteiger partial charge on any atom is 0.240 e. The van der Waals surface area contributed by atoms with Crippen LogP contribution in [-0.2, 0) is 16.9 Å². The molecule has 5 heteroatoms. The zero-order valence-electron chi connectivity index (χ0n) is 10.8. The van der Waals surface area contributed by atoms with E-state index in [1.807, 2.05) is 6.92 Å². The Kier molecular flexibility index (Phi) is 3.79. The Hall–Kier alpha value is -0.940. The van der Waals surface area contributed by atoms with Crippen LogP contribution in [0.15, 0.2) is 4.52 Å². The molecule has 2 atom stereocenters. The summed E-state index contributed by atoms with van der Waals surface area (Å²) in [6.07, 6.45) is 3.11. The van der Waals surface area contributed by atoms with Crippen LogP contribution in [0.25, 0.3) is 0 Å². The average molecular weight is 239 g/mol. The summed E-state index contributed by atoms with van der Waals surface area (Å²) in [5, 5.41) is 7.35. The second kappa shape index (κ2) is 5.14. The highest BCUT2D eigenvalue weighted by molar-refractivity contribution is 5.01. The highest BCUT2D eigenvalue weighted by atomic mass is 16.5. The summed E-state index contributed by atoms with van der Waals surface area (Å²) in [6.45, 7) is 7.71. The summed E-state index contributed by atoms with van der Waals surface area (Å²) in [5.74, 6) is 1.31. The molecule has 1 aromatic rings. The zero-order valence-corrected chi connectivity index (χ0v) is 10.8. The van der Waals surface area contributed by atoms with E-state index in [2.05, 4.69) is 29.3 Å². The van der Waals surface area contributed by atoms with Gasteiger partial charge in [0.15, 0.2) is 0 Å². The van der Waals surface area contributed by atoms with E-state index >= 15 is 0 Å². The molecule has 1 aromatic heterocycles. The maximum atomic E-state index is 5.68. The molecule has 0 spiro atoms. The van der Waals surface area contributed by atoms with Crippen molar-refractivity contribution >= 4 is 0 Å². The fourth-order valence-corrected chi connectivity index (χ4v) is 1.90. The third kappa shape index (κ3) is 2.84. The lowest BCUT2D eigenvalue weighted by Crippen LogP contribution is -2.25. The van der Waals surface area contributed by atoms with Gasteiger partial charge in [0, 0.05) is 12.6 Å². The van der Waals surface area contributed by atoms with Gasteiger partial charge in [-0.2, -0.15) is 4.98 Å². The summed E-state index contributed by atoms with van der Waals surface area (Å²) in [5.41, 5.74) is -0.349. The molecule has 0 bridgehead atoms. The van der Waals surface area contributed by atoms with Crippen molar-refractivity contribution in [1.29, 1.82) is 0 Å². The Morgan fingerprint density at radius 2 is 2.35 bits per heavy atom. The van der Waals surface area contributed by atoms with Crippen LogP contribution >= 0.6 is 0 Å². The SMILES string of the molecule is CCC(C)NCc1nc(C2(C)CCCO2)no1. The molecule has 2 rings (SSSR count). The summed E-state index contributed by atoms with van der Waals surface area (Å²) < 4.78 is 10.9. The van der Waals surface area contributed by atoms with Crippen LogP contribution in [0.3, 0.4) is 0 Å². The van der Waals surface area contributed by atoms with Crippen LogP contribution in [0.1, 0.15) is 51.7 Å². The van der Waals surface area contributed by atoms with Gasteiger partial charge in [0.2, 0.25) is 11.7 Å². The van der Waals surface area contributed by atoms with Gasteiger partial charge in [-0.15, -0.1) is 0 Å². The number of ether oxygens (including phenoxy) is 1. The number of aromatic nitrogens is 2. The summed E-state index contributed by atoms with van der Waals surface area (Å²) >= 11 is 0. The van der Waals surface area contributed by atoms with Crippen molar-refractivity contribution in [3.63, 3.8) is 0 Å². The predicted molar refractivity (Wildman–Crippen MR) is 63.4 cm³/mol. The van der Waals surface area contributed by atoms with Crippen molar-refractivity contribution in [1.82, 2.24) is 15.5 Å². The molecule has 2 unspecified atom stereocenters. The molecule has 1 aliphatic heterocycles. The Labute approximate surface area is 102 Å². The first-order chi connectivity index (χ1) is 8.14. The Bertz CT molecular complexity index is 358. The number of hydrogen-bond donors (Lipinski definition) is 1. The third-order valence-electron chi connectivity index (χ3n) is 3.37. The monoisotopic (exact) mass is 239 g/mol. The van der Waals surface area contributed by atoms with Gasteiger partial charge in [-0.3, -0.25) is 0 Å². The molecule has 1 saturated heterocycles. The van der Waals surface area contributed by atoms with Gasteiger partial charge >= 0.3 is 0 Å². The molecule has 1 aliphatic rings. The van der Waals surface area contributed by atoms with Crippen LogP contribution in [-0.4, -0.2) is 22.8 Å². The fraction of sp³-hybridized carbons (Fsp3) is 0.833. The first kappa shape index (κ1) is 12.5. The first-order valence-electron chi connectivity index (χ1n) is 6.34. The molecule has 0 aromatic carbocycles. The molecular weight excluding hydrogens is 218 g/mol. The quantitative estimate of drug-likeness (QED) is 0.851. The van der Waals surface area contributed by atoms with Crippen molar-refractivity contribution in [2.45, 2.75) is 58.2 Å². The second-order valence-corrected chi connectivity index (χ2v) is 4.88. The number of nitrogens with zero attached hydrogens (tertiary/aromatic N) is 2. The van der Waals surface area contributed by atoms with Crippen molar-refractivity contribution < 1.29 is 9.26 Å². The molecule has 0 amide bonds. The summed E-state index contributed by atoms with van der Waals surface area (Å²) in [7, 11) is 0. The molecule has 17 heavy (non-hydrogen) atoms. The molecule has 2 heterocycles. The standard InChI is InChI=1S/C12H21N3O2/c1-4-9(2)13-8-10-14-11(15-17-10)12(3)6-5-7-16-12/h9,13H,4-8H2,1-3H3. The minimum absolute atomic E-state index is 0.349. The minimum atomic E-state index is -0.349. The van der Waals surface area contributed by atoms with E-state index in [0.29, 0.717) is 24.3 Å². The van der Waals surface area contributed by atoms with Gasteiger partial charge < -0.3 is 14.6 Å². The van der Waals surface area contributed by atoms with E-state index in [1.54, 1.807) is 0 Å². The maximum absolute atomic E-state index is 5.68. The molecule has 0 radical (unpaired) electrons. The first-order valence-corrected chi connectivity index (χ1v) is 6.34. The van der Waals surface area contributed by atoms with Crippen LogP contribution < -0.4 is 5.32 Å². The van der Waals surface area contributed by atoms with Gasteiger partial charge in [0.05, 0.1) is 6.54 Å². The largest absolute Gasteiger partial charge is 0.367 e. The lowest BCUT2D eigenvalue weighted by molar-refractivity contribution is 0.00768. The Morgan fingerprint density at radius 1 is 1.53 bits per heavy atom. The third-order valence-corrected chi connectivity index (χ3v) is 3.37. The van der Waals surface area contributed by atoms with Crippen molar-refractivity contribution in [3.05, 3.63) is 11.7 Å². The van der Waals surface area contributed by atoms with Gasteiger partial charge in [0.25, 0.3) is 0 Å². The van der Waals surface area contributed by atoms with E-state index < -0.39 is 0 Å². The summed E-state index contributed by atoms with van der Waals surface area (Å²) in [6, 6.07) is 0.462. The topological polar surface area (TPSA) is 60.2 Å². The van der Waals surface area contributed by atoms with Crippen LogP contribution in [0.4, 0.5) is 0 Å². The predicted octanol–water partition coefficient (Wildman–Crippen LogP) is 1.98. The lowest BCUT2D eigenvalue weighted by atomic mass is 10.0. The highest BCUT2D eigenvalue weighted by Crippen LogP contribution is 2.33. The van der Waals surface area contributed by atoms with Crippen LogP contribution in [0.2, 0.25) is 0 Å². The number of hydrogen-bond acceptors (Lipinski definition) is 5. The molecule has 96 valence electrons. The molecular formula is C12H21N3O2. The molecule has 5 nitrogen and oxygen atoms in total. The van der Waals surface area contributed by atoms with E-state index in [4.69, 9.17) is 9.26 Å².